The van der Waals surface area contributed by atoms with Crippen LogP contribution in [0.3, 0.4) is 0 Å². The minimum absolute atomic E-state index is 0.0379. The maximum Gasteiger partial charge on any atom is 0.385 e. The van der Waals surface area contributed by atoms with E-state index in [4.69, 9.17) is 28.0 Å². The van der Waals surface area contributed by atoms with E-state index in [-0.39, 0.29) is 27.0 Å². The highest BCUT2D eigenvalue weighted by atomic mass is 35.5. The van der Waals surface area contributed by atoms with Crippen LogP contribution in [0.15, 0.2) is 24.3 Å². The van der Waals surface area contributed by atoms with Gasteiger partial charge in [-0.05, 0) is 12.1 Å². The highest BCUT2D eigenvalue weighted by Gasteiger charge is 2.39. The van der Waals surface area contributed by atoms with Crippen molar-refractivity contribution < 1.29 is 19.2 Å². The van der Waals surface area contributed by atoms with Gasteiger partial charge in [-0.1, -0.05) is 40.4 Å². The predicted molar refractivity (Wildman–Crippen MR) is 75.6 cm³/mol. The summed E-state index contributed by atoms with van der Waals surface area (Å²) in [6.45, 7) is 0. The van der Waals surface area contributed by atoms with Crippen molar-refractivity contribution in [2.75, 3.05) is 0 Å². The summed E-state index contributed by atoms with van der Waals surface area (Å²) >= 11 is 11.7. The van der Waals surface area contributed by atoms with E-state index in [1.54, 1.807) is 12.1 Å². The summed E-state index contributed by atoms with van der Waals surface area (Å²) in [7, 11) is 1.48. The zero-order valence-electron chi connectivity index (χ0n) is 11.0. The molecule has 3 rings (SSSR count). The van der Waals surface area contributed by atoms with Crippen molar-refractivity contribution in [1.29, 1.82) is 0 Å². The Kier molecular flexibility index (Phi) is 3.38. The van der Waals surface area contributed by atoms with Crippen LogP contribution in [-0.4, -0.2) is 32.6 Å². The largest absolute Gasteiger partial charge is 0.385 e. The van der Waals surface area contributed by atoms with E-state index in [1.807, 2.05) is 0 Å². The van der Waals surface area contributed by atoms with Gasteiger partial charge in [0.2, 0.25) is 0 Å². The van der Waals surface area contributed by atoms with Crippen LogP contribution in [0, 0.1) is 0 Å². The third kappa shape index (κ3) is 2.06. The van der Waals surface area contributed by atoms with Gasteiger partial charge in [-0.15, -0.1) is 0 Å². The van der Waals surface area contributed by atoms with Crippen LogP contribution in [-0.2, 0) is 11.9 Å². The minimum atomic E-state index is -1.05. The molecule has 0 spiro atoms. The zero-order chi connectivity index (χ0) is 16.0. The second-order valence-corrected chi connectivity index (χ2v) is 5.14. The van der Waals surface area contributed by atoms with Gasteiger partial charge in [-0.3, -0.25) is 14.3 Å². The van der Waals surface area contributed by atoms with Crippen LogP contribution in [0.4, 0.5) is 0 Å². The number of halogens is 2. The fraction of sp³-hybridized carbons (Fsp3) is 0.0769. The molecule has 2 heterocycles. The number of aryl methyl sites for hydroxylation is 1. The van der Waals surface area contributed by atoms with Gasteiger partial charge in [0.1, 0.15) is 10.2 Å². The minimum Gasteiger partial charge on any atom is -0.322 e. The molecule has 0 N–H and O–H groups in total. The molecule has 9 heteroatoms. The molecule has 1 aromatic heterocycles. The molecule has 0 atom stereocenters. The molecule has 0 saturated heterocycles. The Morgan fingerprint density at radius 1 is 1.14 bits per heavy atom. The Balaban J connectivity index is 1.88. The van der Waals surface area contributed by atoms with E-state index >= 15 is 0 Å². The molecule has 0 saturated carbocycles. The Bertz CT molecular complexity index is 796. The van der Waals surface area contributed by atoms with Crippen molar-refractivity contribution in [2.45, 2.75) is 0 Å². The maximum absolute atomic E-state index is 12.1. The van der Waals surface area contributed by atoms with Crippen LogP contribution in [0.25, 0.3) is 0 Å². The lowest BCUT2D eigenvalue weighted by Gasteiger charge is -2.11. The first-order valence-electron chi connectivity index (χ1n) is 6.00. The summed E-state index contributed by atoms with van der Waals surface area (Å²) in [5, 5.41) is 4.08. The fourth-order valence-corrected chi connectivity index (χ4v) is 2.35. The van der Waals surface area contributed by atoms with Crippen LogP contribution >= 0.6 is 23.2 Å². The number of aromatic nitrogens is 2. The smallest absolute Gasteiger partial charge is 0.322 e. The zero-order valence-corrected chi connectivity index (χ0v) is 12.6. The van der Waals surface area contributed by atoms with Gasteiger partial charge in [0.15, 0.2) is 5.69 Å². The van der Waals surface area contributed by atoms with Crippen LogP contribution in [0.1, 0.15) is 31.2 Å². The first-order valence-corrected chi connectivity index (χ1v) is 6.75. The summed E-state index contributed by atoms with van der Waals surface area (Å²) in [5.74, 6) is -2.51. The van der Waals surface area contributed by atoms with E-state index in [0.717, 1.165) is 0 Å². The summed E-state index contributed by atoms with van der Waals surface area (Å²) in [5.41, 5.74) is 0.0293. The van der Waals surface area contributed by atoms with Crippen LogP contribution in [0.2, 0.25) is 10.2 Å². The van der Waals surface area contributed by atoms with Crippen molar-refractivity contribution in [2.24, 2.45) is 7.05 Å². The SMILES string of the molecule is Cn1nc(C(=O)ON2C(=O)c3ccccc3C2=O)c(Cl)c1Cl. The van der Waals surface area contributed by atoms with E-state index < -0.39 is 17.8 Å². The van der Waals surface area contributed by atoms with Gasteiger partial charge in [0.05, 0.1) is 11.1 Å². The van der Waals surface area contributed by atoms with Gasteiger partial charge in [-0.25, -0.2) is 4.79 Å². The Labute approximate surface area is 133 Å². The van der Waals surface area contributed by atoms with Gasteiger partial charge in [0.25, 0.3) is 11.8 Å². The first kappa shape index (κ1) is 14.6. The molecule has 0 unspecified atom stereocenters. The Morgan fingerprint density at radius 3 is 2.14 bits per heavy atom. The number of rotatable bonds is 2. The number of carbonyl (C=O) groups excluding carboxylic acids is 3. The summed E-state index contributed by atoms with van der Waals surface area (Å²) < 4.78 is 1.17. The number of nitrogens with zero attached hydrogens (tertiary/aromatic N) is 3. The van der Waals surface area contributed by atoms with E-state index in [1.165, 1.54) is 23.9 Å². The molecule has 0 fully saturated rings. The predicted octanol–water partition coefficient (Wildman–Crippen LogP) is 2.09. The molecule has 2 aromatic rings. The lowest BCUT2D eigenvalue weighted by molar-refractivity contribution is -0.0588. The number of hydroxylamine groups is 2. The van der Waals surface area contributed by atoms with Crippen LogP contribution < -0.4 is 0 Å². The van der Waals surface area contributed by atoms with Crippen molar-refractivity contribution >= 4 is 41.0 Å². The first-order chi connectivity index (χ1) is 10.4. The number of benzene rings is 1. The Morgan fingerprint density at radius 2 is 1.68 bits per heavy atom. The van der Waals surface area contributed by atoms with Crippen molar-refractivity contribution in [3.63, 3.8) is 0 Å². The molecular formula is C13H7Cl2N3O4. The Hall–Kier alpha value is -2.38. The highest BCUT2D eigenvalue weighted by molar-refractivity contribution is 6.43. The van der Waals surface area contributed by atoms with E-state index in [0.29, 0.717) is 5.06 Å². The average Bonchev–Trinajstić information content (AvgIpc) is 2.91. The topological polar surface area (TPSA) is 81.5 Å². The second-order valence-electron chi connectivity index (χ2n) is 4.41. The maximum atomic E-state index is 12.1. The number of imide groups is 1. The molecule has 1 aliphatic heterocycles. The third-order valence-corrected chi connectivity index (χ3v) is 3.94. The quantitative estimate of drug-likeness (QED) is 0.782. The van der Waals surface area contributed by atoms with Gasteiger partial charge in [-0.2, -0.15) is 5.10 Å². The molecule has 1 aromatic carbocycles. The van der Waals surface area contributed by atoms with E-state index in [9.17, 15) is 14.4 Å². The molecule has 112 valence electrons. The molecule has 0 radical (unpaired) electrons. The summed E-state index contributed by atoms with van der Waals surface area (Å²) in [6, 6.07) is 6.14. The molecular weight excluding hydrogens is 333 g/mol. The molecule has 7 nitrogen and oxygen atoms in total. The van der Waals surface area contributed by atoms with Gasteiger partial charge >= 0.3 is 5.97 Å². The summed E-state index contributed by atoms with van der Waals surface area (Å²) in [6.07, 6.45) is 0. The molecule has 0 aliphatic carbocycles. The fourth-order valence-electron chi connectivity index (χ4n) is 1.98. The van der Waals surface area contributed by atoms with Crippen LogP contribution in [0.5, 0.6) is 0 Å². The monoisotopic (exact) mass is 339 g/mol. The number of amides is 2. The molecule has 2 amide bonds. The second kappa shape index (κ2) is 5.11. The van der Waals surface area contributed by atoms with Gasteiger partial charge < -0.3 is 4.84 Å². The average molecular weight is 340 g/mol. The van der Waals surface area contributed by atoms with Crippen molar-refractivity contribution in [3.8, 4) is 0 Å². The summed E-state index contributed by atoms with van der Waals surface area (Å²) in [4.78, 5) is 41.0. The van der Waals surface area contributed by atoms with E-state index in [2.05, 4.69) is 5.10 Å². The van der Waals surface area contributed by atoms with Crippen molar-refractivity contribution in [1.82, 2.24) is 14.8 Å². The lowest BCUT2D eigenvalue weighted by Crippen LogP contribution is -2.32. The number of fused-ring (bicyclic) bond motifs is 1. The molecule has 0 bridgehead atoms. The number of carbonyl (C=O) groups is 3. The standard InChI is InChI=1S/C13H7Cl2N3O4/c1-17-10(15)8(14)9(16-17)13(21)22-18-11(19)6-4-2-3-5-7(6)12(18)20/h2-5H,1H3. The van der Waals surface area contributed by atoms with Crippen molar-refractivity contribution in [3.05, 3.63) is 51.3 Å². The highest BCUT2D eigenvalue weighted by Crippen LogP contribution is 2.27. The molecule has 22 heavy (non-hydrogen) atoms. The van der Waals surface area contributed by atoms with Gasteiger partial charge in [0, 0.05) is 7.05 Å². The number of hydrogen-bond donors (Lipinski definition) is 0. The normalized spacial score (nSPS) is 13.5. The molecule has 1 aliphatic rings. The lowest BCUT2D eigenvalue weighted by atomic mass is 10.1. The third-order valence-electron chi connectivity index (χ3n) is 3.05. The number of hydrogen-bond acceptors (Lipinski definition) is 5.